The lowest BCUT2D eigenvalue weighted by atomic mass is 9.77. The molecule has 1 aromatic heterocycles. The van der Waals surface area contributed by atoms with Crippen molar-refractivity contribution in [3.63, 3.8) is 0 Å². The average Bonchev–Trinajstić information content (AvgIpc) is 3.22. The molecule has 0 unspecified atom stereocenters. The Kier molecular flexibility index (Phi) is 5.61. The second-order valence-corrected chi connectivity index (χ2v) is 7.57. The Morgan fingerprint density at radius 2 is 2.00 bits per heavy atom. The largest absolute Gasteiger partial charge is 0.360 e. The highest BCUT2D eigenvalue weighted by Gasteiger charge is 2.39. The van der Waals surface area contributed by atoms with E-state index in [9.17, 15) is 4.79 Å². The van der Waals surface area contributed by atoms with Gasteiger partial charge in [0, 0.05) is 25.2 Å². The first kappa shape index (κ1) is 19.2. The van der Waals surface area contributed by atoms with E-state index in [2.05, 4.69) is 10.5 Å². The van der Waals surface area contributed by atoms with Crippen molar-refractivity contribution in [2.45, 2.75) is 26.2 Å². The van der Waals surface area contributed by atoms with E-state index in [4.69, 9.17) is 16.1 Å². The summed E-state index contributed by atoms with van der Waals surface area (Å²) in [6, 6.07) is 7.41. The fourth-order valence-corrected chi connectivity index (χ4v) is 4.25. The van der Waals surface area contributed by atoms with Gasteiger partial charge in [0.15, 0.2) is 0 Å². The Hall–Kier alpha value is -1.56. The molecule has 0 aliphatic carbocycles. The Morgan fingerprint density at radius 1 is 1.27 bits per heavy atom. The van der Waals surface area contributed by atoms with E-state index in [-0.39, 0.29) is 18.3 Å². The molecule has 1 amide bonds. The molecule has 2 fully saturated rings. The lowest BCUT2D eigenvalue weighted by Crippen LogP contribution is -2.44. The molecular weight excluding hydrogens is 373 g/mol. The molecule has 2 saturated heterocycles. The van der Waals surface area contributed by atoms with Crippen molar-refractivity contribution in [2.24, 2.45) is 5.41 Å². The first-order valence-electron chi connectivity index (χ1n) is 8.81. The lowest BCUT2D eigenvalue weighted by molar-refractivity contribution is 0.0606. The standard InChI is InChI=1S/C19H22ClN3O2.ClH/c1-13-16(17(22-25-13)14-4-2-3-5-15(14)20)18(24)23-10-7-19(8-11-23)6-9-21-12-19;/h2-5,21H,6-12H2,1H3;1H. The van der Waals surface area contributed by atoms with Crippen molar-refractivity contribution in [3.05, 3.63) is 40.6 Å². The van der Waals surface area contributed by atoms with Crippen LogP contribution >= 0.6 is 24.0 Å². The summed E-state index contributed by atoms with van der Waals surface area (Å²) in [5.74, 6) is 0.539. The first-order chi connectivity index (χ1) is 12.1. The number of hydrogen-bond donors (Lipinski definition) is 1. The number of aryl methyl sites for hydroxylation is 1. The van der Waals surface area contributed by atoms with Gasteiger partial charge in [0.25, 0.3) is 5.91 Å². The number of piperidine rings is 1. The van der Waals surface area contributed by atoms with E-state index in [0.717, 1.165) is 44.6 Å². The number of likely N-dealkylation sites (tertiary alicyclic amines) is 1. The molecule has 2 aromatic rings. The summed E-state index contributed by atoms with van der Waals surface area (Å²) in [6.07, 6.45) is 3.32. The minimum absolute atomic E-state index is 0. The number of benzene rings is 1. The van der Waals surface area contributed by atoms with Crippen LogP contribution < -0.4 is 5.32 Å². The number of hydrogen-bond acceptors (Lipinski definition) is 4. The maximum absolute atomic E-state index is 13.2. The molecule has 1 N–H and O–H groups in total. The highest BCUT2D eigenvalue weighted by molar-refractivity contribution is 6.33. The molecule has 140 valence electrons. The van der Waals surface area contributed by atoms with Crippen LogP contribution in [-0.2, 0) is 0 Å². The molecule has 0 bridgehead atoms. The minimum Gasteiger partial charge on any atom is -0.360 e. The summed E-state index contributed by atoms with van der Waals surface area (Å²) in [5, 5.41) is 8.14. The molecular formula is C19H23Cl2N3O2. The number of nitrogens with one attached hydrogen (secondary N) is 1. The number of carbonyl (C=O) groups is 1. The molecule has 0 radical (unpaired) electrons. The van der Waals surface area contributed by atoms with Gasteiger partial charge in [-0.25, -0.2) is 0 Å². The molecule has 1 spiro atoms. The van der Waals surface area contributed by atoms with Crippen LogP contribution in [-0.4, -0.2) is 42.1 Å². The maximum Gasteiger partial charge on any atom is 0.259 e. The van der Waals surface area contributed by atoms with Gasteiger partial charge in [0.2, 0.25) is 0 Å². The minimum atomic E-state index is -0.00511. The van der Waals surface area contributed by atoms with Crippen molar-refractivity contribution in [1.29, 1.82) is 0 Å². The van der Waals surface area contributed by atoms with E-state index < -0.39 is 0 Å². The third kappa shape index (κ3) is 3.36. The molecule has 1 aromatic carbocycles. The summed E-state index contributed by atoms with van der Waals surface area (Å²) < 4.78 is 5.34. The molecule has 2 aliphatic rings. The van der Waals surface area contributed by atoms with Gasteiger partial charge in [-0.1, -0.05) is 35.0 Å². The van der Waals surface area contributed by atoms with E-state index >= 15 is 0 Å². The zero-order valence-electron chi connectivity index (χ0n) is 14.8. The second-order valence-electron chi connectivity index (χ2n) is 7.16. The van der Waals surface area contributed by atoms with Gasteiger partial charge in [-0.2, -0.15) is 0 Å². The van der Waals surface area contributed by atoms with Crippen LogP contribution in [0.4, 0.5) is 0 Å². The van der Waals surface area contributed by atoms with E-state index in [1.807, 2.05) is 23.1 Å². The topological polar surface area (TPSA) is 58.4 Å². The number of rotatable bonds is 2. The number of nitrogens with zero attached hydrogens (tertiary/aromatic N) is 2. The van der Waals surface area contributed by atoms with Gasteiger partial charge in [-0.3, -0.25) is 4.79 Å². The monoisotopic (exact) mass is 395 g/mol. The predicted molar refractivity (Wildman–Crippen MR) is 104 cm³/mol. The zero-order valence-corrected chi connectivity index (χ0v) is 16.3. The first-order valence-corrected chi connectivity index (χ1v) is 9.19. The summed E-state index contributed by atoms with van der Waals surface area (Å²) in [7, 11) is 0. The Morgan fingerprint density at radius 3 is 2.65 bits per heavy atom. The molecule has 0 atom stereocenters. The molecule has 7 heteroatoms. The molecule has 4 rings (SSSR count). The van der Waals surface area contributed by atoms with Crippen LogP contribution in [0, 0.1) is 12.3 Å². The van der Waals surface area contributed by atoms with Crippen molar-refractivity contribution >= 4 is 29.9 Å². The molecule has 26 heavy (non-hydrogen) atoms. The number of amides is 1. The highest BCUT2D eigenvalue weighted by atomic mass is 35.5. The van der Waals surface area contributed by atoms with E-state index in [1.54, 1.807) is 13.0 Å². The third-order valence-electron chi connectivity index (χ3n) is 5.65. The quantitative estimate of drug-likeness (QED) is 0.836. The molecule has 0 saturated carbocycles. The fraction of sp³-hybridized carbons (Fsp3) is 0.474. The molecule has 3 heterocycles. The number of aromatic nitrogens is 1. The maximum atomic E-state index is 13.2. The number of carbonyl (C=O) groups excluding carboxylic acids is 1. The summed E-state index contributed by atoms with van der Waals surface area (Å²) in [4.78, 5) is 15.1. The van der Waals surface area contributed by atoms with Crippen LogP contribution in [0.2, 0.25) is 5.02 Å². The Bertz CT molecular complexity index is 790. The SMILES string of the molecule is Cc1onc(-c2ccccc2Cl)c1C(=O)N1CCC2(CCNC2)CC1.Cl. The Labute approximate surface area is 164 Å². The van der Waals surface area contributed by atoms with Gasteiger partial charge in [-0.05, 0) is 44.2 Å². The summed E-state index contributed by atoms with van der Waals surface area (Å²) in [6.45, 7) is 5.52. The normalized spacial score (nSPS) is 18.8. The van der Waals surface area contributed by atoms with Crippen molar-refractivity contribution < 1.29 is 9.32 Å². The summed E-state index contributed by atoms with van der Waals surface area (Å²) in [5.41, 5.74) is 2.19. The second kappa shape index (κ2) is 7.59. The predicted octanol–water partition coefficient (Wildman–Crippen LogP) is 3.94. The van der Waals surface area contributed by atoms with Crippen molar-refractivity contribution in [3.8, 4) is 11.3 Å². The van der Waals surface area contributed by atoms with Crippen LogP contribution in [0.5, 0.6) is 0 Å². The number of halogens is 2. The lowest BCUT2D eigenvalue weighted by Gasteiger charge is -2.38. The molecule has 2 aliphatic heterocycles. The average molecular weight is 396 g/mol. The fourth-order valence-electron chi connectivity index (χ4n) is 4.03. The van der Waals surface area contributed by atoms with Crippen LogP contribution in [0.25, 0.3) is 11.3 Å². The van der Waals surface area contributed by atoms with Crippen molar-refractivity contribution in [2.75, 3.05) is 26.2 Å². The van der Waals surface area contributed by atoms with Crippen LogP contribution in [0.3, 0.4) is 0 Å². The zero-order chi connectivity index (χ0) is 17.4. The van der Waals surface area contributed by atoms with Gasteiger partial charge in [0.05, 0.1) is 5.02 Å². The van der Waals surface area contributed by atoms with E-state index in [1.165, 1.54) is 6.42 Å². The van der Waals surface area contributed by atoms with Crippen LogP contribution in [0.15, 0.2) is 28.8 Å². The van der Waals surface area contributed by atoms with Gasteiger partial charge in [-0.15, -0.1) is 12.4 Å². The van der Waals surface area contributed by atoms with Crippen molar-refractivity contribution in [1.82, 2.24) is 15.4 Å². The third-order valence-corrected chi connectivity index (χ3v) is 5.98. The summed E-state index contributed by atoms with van der Waals surface area (Å²) >= 11 is 6.30. The molecule has 5 nitrogen and oxygen atoms in total. The van der Waals surface area contributed by atoms with Gasteiger partial charge in [0.1, 0.15) is 17.0 Å². The van der Waals surface area contributed by atoms with Gasteiger partial charge >= 0.3 is 0 Å². The smallest absolute Gasteiger partial charge is 0.259 e. The van der Waals surface area contributed by atoms with E-state index in [0.29, 0.717) is 27.5 Å². The van der Waals surface area contributed by atoms with Crippen LogP contribution in [0.1, 0.15) is 35.4 Å². The highest BCUT2D eigenvalue weighted by Crippen LogP contribution is 2.38. The Balaban J connectivity index is 0.00000196. The van der Waals surface area contributed by atoms with Gasteiger partial charge < -0.3 is 14.7 Å².